The minimum Gasteiger partial charge on any atom is -0.365 e. The number of hydrogen-bond acceptors (Lipinski definition) is 6. The number of hydrogen-bond donors (Lipinski definition) is 2. The molecular formula is C32H35F2N5O3S. The average Bonchev–Trinajstić information content (AvgIpc) is 3.64. The molecule has 2 N–H and O–H groups in total. The molecule has 0 aliphatic heterocycles. The molecule has 2 aromatic heterocycles. The molecule has 2 aliphatic rings. The first-order chi connectivity index (χ1) is 20.6. The van der Waals surface area contributed by atoms with Gasteiger partial charge in [-0.05, 0) is 82.2 Å². The van der Waals surface area contributed by atoms with Crippen LogP contribution in [-0.2, 0) is 14.8 Å². The molecule has 0 bridgehead atoms. The molecule has 8 nitrogen and oxygen atoms in total. The molecule has 0 radical (unpaired) electrons. The number of halogens is 2. The second-order valence-corrected chi connectivity index (χ2v) is 13.7. The largest absolute Gasteiger partial charge is 0.365 e. The summed E-state index contributed by atoms with van der Waals surface area (Å²) < 4.78 is 58.7. The lowest BCUT2D eigenvalue weighted by Crippen LogP contribution is -2.43. The second-order valence-electron chi connectivity index (χ2n) is 11.9. The van der Waals surface area contributed by atoms with Crippen LogP contribution in [0, 0.1) is 31.4 Å². The molecule has 0 spiro atoms. The lowest BCUT2D eigenvalue weighted by Gasteiger charge is -2.31. The molecule has 2 saturated carbocycles. The van der Waals surface area contributed by atoms with Crippen molar-refractivity contribution in [2.75, 3.05) is 5.32 Å². The van der Waals surface area contributed by atoms with Crippen molar-refractivity contribution in [1.29, 1.82) is 0 Å². The quantitative estimate of drug-likeness (QED) is 0.257. The van der Waals surface area contributed by atoms with E-state index in [0.29, 0.717) is 17.4 Å². The molecule has 2 fully saturated rings. The number of carbonyl (C=O) groups excluding carboxylic acids is 1. The summed E-state index contributed by atoms with van der Waals surface area (Å²) in [6.07, 6.45) is 9.54. The van der Waals surface area contributed by atoms with Gasteiger partial charge >= 0.3 is 0 Å². The van der Waals surface area contributed by atoms with Gasteiger partial charge in [-0.1, -0.05) is 30.5 Å². The first-order valence-electron chi connectivity index (χ1n) is 14.8. The minimum atomic E-state index is -4.17. The van der Waals surface area contributed by atoms with E-state index < -0.39 is 21.7 Å². The number of amides is 1. The Kier molecular flexibility index (Phi) is 7.93. The number of benzene rings is 2. The molecule has 4 aromatic rings. The zero-order chi connectivity index (χ0) is 30.3. The number of aromatic nitrogens is 3. The smallest absolute Gasteiger partial charge is 0.268 e. The number of carbonyl (C=O) groups is 1. The summed E-state index contributed by atoms with van der Waals surface area (Å²) in [5.74, 6) is -1.12. The molecule has 0 unspecified atom stereocenters. The highest BCUT2D eigenvalue weighted by Gasteiger charge is 2.29. The summed E-state index contributed by atoms with van der Waals surface area (Å²) in [5, 5.41) is 6.69. The zero-order valence-corrected chi connectivity index (χ0v) is 25.1. The van der Waals surface area contributed by atoms with Crippen LogP contribution in [0.5, 0.6) is 0 Å². The summed E-state index contributed by atoms with van der Waals surface area (Å²) in [6, 6.07) is 9.14. The summed E-state index contributed by atoms with van der Waals surface area (Å²) in [5.41, 5.74) is 1.61. The van der Waals surface area contributed by atoms with Crippen LogP contribution in [-0.4, -0.2) is 40.3 Å². The first-order valence-corrected chi connectivity index (χ1v) is 16.3. The fourth-order valence-electron chi connectivity index (χ4n) is 6.36. The molecule has 2 heterocycles. The van der Waals surface area contributed by atoms with Crippen molar-refractivity contribution in [3.63, 3.8) is 0 Å². The minimum absolute atomic E-state index is 0.000347. The van der Waals surface area contributed by atoms with Gasteiger partial charge in [-0.25, -0.2) is 31.1 Å². The predicted octanol–water partition coefficient (Wildman–Crippen LogP) is 6.26. The number of nitrogens with zero attached hydrogens (tertiary/aromatic N) is 3. The van der Waals surface area contributed by atoms with Crippen molar-refractivity contribution in [3.8, 4) is 11.4 Å². The van der Waals surface area contributed by atoms with Gasteiger partial charge in [0.15, 0.2) is 17.5 Å². The Bertz CT molecular complexity index is 1780. The lowest BCUT2D eigenvalue weighted by atomic mass is 9.90. The van der Waals surface area contributed by atoms with Crippen LogP contribution in [0.15, 0.2) is 53.7 Å². The number of aryl methyl sites for hydroxylation is 2. The Morgan fingerprint density at radius 2 is 1.65 bits per heavy atom. The Hall–Kier alpha value is -3.86. The van der Waals surface area contributed by atoms with Crippen LogP contribution in [0.4, 0.5) is 14.6 Å². The van der Waals surface area contributed by atoms with Crippen LogP contribution in [0.1, 0.15) is 62.5 Å². The highest BCUT2D eigenvalue weighted by atomic mass is 32.2. The molecule has 11 heteroatoms. The average molecular weight is 608 g/mol. The van der Waals surface area contributed by atoms with Crippen molar-refractivity contribution in [2.24, 2.45) is 5.92 Å². The highest BCUT2D eigenvalue weighted by molar-refractivity contribution is 7.90. The molecular weight excluding hydrogens is 572 g/mol. The van der Waals surface area contributed by atoms with Gasteiger partial charge < -0.3 is 10.6 Å². The third kappa shape index (κ3) is 5.87. The number of fused-ring (bicyclic) bond motifs is 1. The molecule has 6 rings (SSSR count). The van der Waals surface area contributed by atoms with E-state index in [1.54, 1.807) is 25.1 Å². The SMILES string of the molecule is Cc1ccc(S(=O)(=O)n2cc(-c3ncc(F)c(N[C@H]4CCC[C@@H](NC(=O)C5CCCC5)C4)n3)c3cc(C)cc(F)c32)cc1. The topological polar surface area (TPSA) is 106 Å². The van der Waals surface area contributed by atoms with Crippen molar-refractivity contribution < 1.29 is 22.0 Å². The Morgan fingerprint density at radius 1 is 0.930 bits per heavy atom. The van der Waals surface area contributed by atoms with Crippen LogP contribution in [0.3, 0.4) is 0 Å². The Morgan fingerprint density at radius 3 is 2.40 bits per heavy atom. The van der Waals surface area contributed by atoms with Gasteiger partial charge in [0, 0.05) is 35.1 Å². The van der Waals surface area contributed by atoms with E-state index in [1.165, 1.54) is 24.4 Å². The number of anilines is 1. The molecule has 2 aromatic carbocycles. The van der Waals surface area contributed by atoms with E-state index in [-0.39, 0.29) is 51.5 Å². The molecule has 226 valence electrons. The van der Waals surface area contributed by atoms with Crippen molar-refractivity contribution in [2.45, 2.75) is 82.2 Å². The molecule has 2 atom stereocenters. The fourth-order valence-corrected chi connectivity index (χ4v) is 7.73. The normalized spacial score (nSPS) is 19.5. The monoisotopic (exact) mass is 607 g/mol. The van der Waals surface area contributed by atoms with E-state index in [1.807, 2.05) is 6.92 Å². The lowest BCUT2D eigenvalue weighted by molar-refractivity contribution is -0.125. The third-order valence-corrected chi connectivity index (χ3v) is 10.3. The van der Waals surface area contributed by atoms with Gasteiger partial charge in [0.2, 0.25) is 5.91 Å². The maximum Gasteiger partial charge on any atom is 0.268 e. The van der Waals surface area contributed by atoms with Crippen LogP contribution in [0.25, 0.3) is 22.3 Å². The van der Waals surface area contributed by atoms with Gasteiger partial charge in [-0.2, -0.15) is 0 Å². The van der Waals surface area contributed by atoms with Crippen LogP contribution in [0.2, 0.25) is 0 Å². The summed E-state index contributed by atoms with van der Waals surface area (Å²) in [7, 11) is -4.17. The van der Waals surface area contributed by atoms with Gasteiger partial charge in [0.25, 0.3) is 10.0 Å². The highest BCUT2D eigenvalue weighted by Crippen LogP contribution is 2.35. The van der Waals surface area contributed by atoms with Gasteiger partial charge in [-0.3, -0.25) is 4.79 Å². The van der Waals surface area contributed by atoms with E-state index in [0.717, 1.165) is 60.7 Å². The molecule has 2 aliphatic carbocycles. The van der Waals surface area contributed by atoms with E-state index in [4.69, 9.17) is 0 Å². The maximum absolute atomic E-state index is 15.4. The van der Waals surface area contributed by atoms with Crippen LogP contribution >= 0.6 is 0 Å². The number of nitrogens with one attached hydrogen (secondary N) is 2. The standard InChI is InChI=1S/C32H35F2N5O3S/c1-19-10-12-24(13-11-19)43(41,42)39-18-26(25-14-20(2)15-27(33)29(25)39)30-35-17-28(34)31(38-30)36-22-8-5-9-23(16-22)37-32(40)21-6-3-4-7-21/h10-15,17-18,21-23H,3-9,16H2,1-2H3,(H,37,40)(H,35,36,38)/t22-,23+/m0/s1. The molecule has 43 heavy (non-hydrogen) atoms. The predicted molar refractivity (Wildman–Crippen MR) is 161 cm³/mol. The number of rotatable bonds is 7. The van der Waals surface area contributed by atoms with Gasteiger partial charge in [-0.15, -0.1) is 0 Å². The van der Waals surface area contributed by atoms with Gasteiger partial charge in [0.1, 0.15) is 11.3 Å². The van der Waals surface area contributed by atoms with Crippen molar-refractivity contribution >= 4 is 32.7 Å². The Labute approximate surface area is 250 Å². The van der Waals surface area contributed by atoms with E-state index in [9.17, 15) is 13.2 Å². The second kappa shape index (κ2) is 11.7. The van der Waals surface area contributed by atoms with Crippen molar-refractivity contribution in [1.82, 2.24) is 19.3 Å². The summed E-state index contributed by atoms with van der Waals surface area (Å²) >= 11 is 0. The first kappa shape index (κ1) is 29.2. The summed E-state index contributed by atoms with van der Waals surface area (Å²) in [4.78, 5) is 21.3. The third-order valence-electron chi connectivity index (χ3n) is 8.61. The molecule has 0 saturated heterocycles. The zero-order valence-electron chi connectivity index (χ0n) is 24.2. The van der Waals surface area contributed by atoms with Gasteiger partial charge in [0.05, 0.1) is 11.1 Å². The van der Waals surface area contributed by atoms with E-state index in [2.05, 4.69) is 20.6 Å². The van der Waals surface area contributed by atoms with Crippen LogP contribution < -0.4 is 10.6 Å². The van der Waals surface area contributed by atoms with Crippen molar-refractivity contribution in [3.05, 3.63) is 71.6 Å². The fraction of sp³-hybridized carbons (Fsp3) is 0.406. The Balaban J connectivity index is 1.32. The molecule has 1 amide bonds. The van der Waals surface area contributed by atoms with E-state index >= 15 is 8.78 Å². The maximum atomic E-state index is 15.4. The summed E-state index contributed by atoms with van der Waals surface area (Å²) in [6.45, 7) is 3.56.